The minimum atomic E-state index is -1.08. The van der Waals surface area contributed by atoms with Crippen molar-refractivity contribution in [2.24, 2.45) is 0 Å². The fraction of sp³-hybridized carbons (Fsp3) is 0.214. The fourth-order valence-electron chi connectivity index (χ4n) is 4.01. The van der Waals surface area contributed by atoms with Crippen LogP contribution in [0.1, 0.15) is 60.1 Å². The van der Waals surface area contributed by atoms with Gasteiger partial charge in [-0.2, -0.15) is 0 Å². The van der Waals surface area contributed by atoms with Gasteiger partial charge in [0.1, 0.15) is 11.3 Å². The highest BCUT2D eigenvalue weighted by Crippen LogP contribution is 2.35. The van der Waals surface area contributed by atoms with Gasteiger partial charge < -0.3 is 25.5 Å². The number of rotatable bonds is 6. The van der Waals surface area contributed by atoms with Crippen molar-refractivity contribution in [3.8, 4) is 11.1 Å². The zero-order chi connectivity index (χ0) is 26.7. The number of fused-ring (bicyclic) bond motifs is 1. The zero-order valence-electron chi connectivity index (χ0n) is 21.0. The van der Waals surface area contributed by atoms with E-state index in [1.54, 1.807) is 81.7 Å². The maximum Gasteiger partial charge on any atom is 0.408 e. The summed E-state index contributed by atoms with van der Waals surface area (Å²) in [6, 6.07) is 15.1. The molecule has 0 saturated heterocycles. The number of nitrogens with one attached hydrogen (secondary N) is 3. The first-order chi connectivity index (χ1) is 17.5. The van der Waals surface area contributed by atoms with Crippen LogP contribution in [0.3, 0.4) is 0 Å². The summed E-state index contributed by atoms with van der Waals surface area (Å²) >= 11 is 0. The van der Waals surface area contributed by atoms with E-state index in [2.05, 4.69) is 20.6 Å². The minimum Gasteiger partial charge on any atom is -0.477 e. The second kappa shape index (κ2) is 10.1. The lowest BCUT2D eigenvalue weighted by Gasteiger charge is -2.23. The van der Waals surface area contributed by atoms with Gasteiger partial charge in [0.05, 0.1) is 6.04 Å². The van der Waals surface area contributed by atoms with E-state index in [1.807, 2.05) is 13.0 Å². The van der Waals surface area contributed by atoms with Crippen LogP contribution in [0.25, 0.3) is 22.0 Å². The SMILES string of the molecule is CC(NC(=O)OC(C)(C)C)c1ccc(C(=O)Nc2ccncc2)cc1-c1cccc2[nH]c(C(=O)O)cc12. The first-order valence-corrected chi connectivity index (χ1v) is 11.7. The largest absolute Gasteiger partial charge is 0.477 e. The number of ether oxygens (including phenoxy) is 1. The number of benzene rings is 2. The van der Waals surface area contributed by atoms with E-state index in [0.29, 0.717) is 33.3 Å². The summed E-state index contributed by atoms with van der Waals surface area (Å²) in [7, 11) is 0. The van der Waals surface area contributed by atoms with Crippen LogP contribution in [0.2, 0.25) is 0 Å². The van der Waals surface area contributed by atoms with Gasteiger partial charge in [-0.1, -0.05) is 18.2 Å². The lowest BCUT2D eigenvalue weighted by molar-refractivity contribution is 0.0507. The number of carbonyl (C=O) groups is 3. The van der Waals surface area contributed by atoms with Crippen molar-refractivity contribution in [3.05, 3.63) is 83.8 Å². The number of aromatic nitrogens is 2. The molecule has 2 heterocycles. The third-order valence-electron chi connectivity index (χ3n) is 5.64. The minimum absolute atomic E-state index is 0.0514. The number of carboxylic acid groups (broad SMARTS) is 1. The number of H-pyrrole nitrogens is 1. The predicted octanol–water partition coefficient (Wildman–Crippen LogP) is 5.77. The number of aromatic amines is 1. The number of carbonyl (C=O) groups excluding carboxylic acids is 2. The molecule has 0 aliphatic heterocycles. The molecule has 4 N–H and O–H groups in total. The molecule has 0 bridgehead atoms. The average molecular weight is 501 g/mol. The summed E-state index contributed by atoms with van der Waals surface area (Å²) in [6.07, 6.45) is 2.60. The van der Waals surface area contributed by atoms with E-state index in [9.17, 15) is 19.5 Å². The van der Waals surface area contributed by atoms with E-state index in [4.69, 9.17) is 4.74 Å². The molecule has 4 rings (SSSR count). The van der Waals surface area contributed by atoms with Gasteiger partial charge in [-0.05, 0) is 80.8 Å². The molecule has 0 aliphatic carbocycles. The van der Waals surface area contributed by atoms with Gasteiger partial charge in [0.2, 0.25) is 0 Å². The molecule has 37 heavy (non-hydrogen) atoms. The maximum atomic E-state index is 13.1. The number of carboxylic acids is 1. The summed E-state index contributed by atoms with van der Waals surface area (Å²) in [5, 5.41) is 15.9. The van der Waals surface area contributed by atoms with Crippen molar-refractivity contribution in [2.75, 3.05) is 5.32 Å². The van der Waals surface area contributed by atoms with Crippen LogP contribution < -0.4 is 10.6 Å². The highest BCUT2D eigenvalue weighted by atomic mass is 16.6. The zero-order valence-corrected chi connectivity index (χ0v) is 21.0. The molecule has 2 aromatic carbocycles. The van der Waals surface area contributed by atoms with Crippen molar-refractivity contribution in [3.63, 3.8) is 0 Å². The third kappa shape index (κ3) is 5.95. The van der Waals surface area contributed by atoms with Crippen molar-refractivity contribution >= 4 is 34.6 Å². The van der Waals surface area contributed by atoms with E-state index in [-0.39, 0.29) is 11.6 Å². The van der Waals surface area contributed by atoms with Gasteiger partial charge in [-0.25, -0.2) is 9.59 Å². The standard InChI is InChI=1S/C28H28N4O5/c1-16(30-27(36)37-28(2,3)4)19-9-8-17(25(33)31-18-10-12-29-13-11-18)14-21(19)20-6-5-7-23-22(20)15-24(32-23)26(34)35/h5-16,32H,1-4H3,(H,30,36)(H,34,35)(H,29,31,33). The van der Waals surface area contributed by atoms with E-state index in [0.717, 1.165) is 5.56 Å². The Balaban J connectivity index is 1.79. The number of hydrogen-bond acceptors (Lipinski definition) is 5. The lowest BCUT2D eigenvalue weighted by Crippen LogP contribution is -2.34. The van der Waals surface area contributed by atoms with Crippen LogP contribution in [0.15, 0.2) is 67.0 Å². The molecule has 1 unspecified atom stereocenters. The molecule has 2 aromatic heterocycles. The van der Waals surface area contributed by atoms with Crippen LogP contribution in [-0.4, -0.2) is 38.6 Å². The Morgan fingerprint density at radius 2 is 1.73 bits per heavy atom. The highest BCUT2D eigenvalue weighted by molar-refractivity contribution is 6.06. The van der Waals surface area contributed by atoms with Crippen molar-refractivity contribution in [2.45, 2.75) is 39.3 Å². The molecule has 2 amide bonds. The number of pyridine rings is 1. The van der Waals surface area contributed by atoms with Crippen molar-refractivity contribution < 1.29 is 24.2 Å². The molecule has 4 aromatic rings. The Labute approximate surface area is 213 Å². The van der Waals surface area contributed by atoms with Gasteiger partial charge >= 0.3 is 12.1 Å². The van der Waals surface area contributed by atoms with E-state index >= 15 is 0 Å². The molecule has 1 atom stereocenters. The number of amides is 2. The molecule has 190 valence electrons. The number of nitrogens with zero attached hydrogens (tertiary/aromatic N) is 1. The van der Waals surface area contributed by atoms with Crippen LogP contribution in [0.5, 0.6) is 0 Å². The van der Waals surface area contributed by atoms with Gasteiger partial charge in [0.15, 0.2) is 0 Å². The molecule has 0 spiro atoms. The van der Waals surface area contributed by atoms with Crippen LogP contribution in [0.4, 0.5) is 10.5 Å². The number of anilines is 1. The van der Waals surface area contributed by atoms with Gasteiger partial charge in [0.25, 0.3) is 5.91 Å². The Hall–Kier alpha value is -4.66. The van der Waals surface area contributed by atoms with Gasteiger partial charge in [0, 0.05) is 34.5 Å². The molecular weight excluding hydrogens is 472 g/mol. The maximum absolute atomic E-state index is 13.1. The first kappa shape index (κ1) is 25.4. The number of aromatic carboxylic acids is 1. The quantitative estimate of drug-likeness (QED) is 0.266. The average Bonchev–Trinajstić information content (AvgIpc) is 3.28. The molecule has 9 nitrogen and oxygen atoms in total. The highest BCUT2D eigenvalue weighted by Gasteiger charge is 2.22. The van der Waals surface area contributed by atoms with Crippen molar-refractivity contribution in [1.29, 1.82) is 0 Å². The van der Waals surface area contributed by atoms with E-state index < -0.39 is 23.7 Å². The fourth-order valence-corrected chi connectivity index (χ4v) is 4.01. The summed E-state index contributed by atoms with van der Waals surface area (Å²) in [6.45, 7) is 7.17. The second-order valence-electron chi connectivity index (χ2n) is 9.61. The third-order valence-corrected chi connectivity index (χ3v) is 5.64. The smallest absolute Gasteiger partial charge is 0.408 e. The molecule has 0 radical (unpaired) electrons. The Bertz CT molecular complexity index is 1470. The van der Waals surface area contributed by atoms with Crippen LogP contribution in [0, 0.1) is 0 Å². The van der Waals surface area contributed by atoms with E-state index in [1.165, 1.54) is 0 Å². The molecule has 0 fully saturated rings. The first-order valence-electron chi connectivity index (χ1n) is 11.7. The topological polar surface area (TPSA) is 133 Å². The predicted molar refractivity (Wildman–Crippen MR) is 141 cm³/mol. The van der Waals surface area contributed by atoms with Gasteiger partial charge in [-0.15, -0.1) is 0 Å². The lowest BCUT2D eigenvalue weighted by atomic mass is 9.91. The Morgan fingerprint density at radius 3 is 2.41 bits per heavy atom. The summed E-state index contributed by atoms with van der Waals surface area (Å²) in [5.74, 6) is -1.40. The molecular formula is C28H28N4O5. The summed E-state index contributed by atoms with van der Waals surface area (Å²) < 4.78 is 5.41. The van der Waals surface area contributed by atoms with Crippen molar-refractivity contribution in [1.82, 2.24) is 15.3 Å². The molecule has 0 saturated carbocycles. The number of hydrogen-bond donors (Lipinski definition) is 4. The summed E-state index contributed by atoms with van der Waals surface area (Å²) in [5.41, 5.74) is 3.15. The monoisotopic (exact) mass is 500 g/mol. The molecule has 0 aliphatic rings. The second-order valence-corrected chi connectivity index (χ2v) is 9.61. The molecule has 9 heteroatoms. The number of alkyl carbamates (subject to hydrolysis) is 1. The summed E-state index contributed by atoms with van der Waals surface area (Å²) in [4.78, 5) is 44.0. The normalized spacial score (nSPS) is 12.1. The van der Waals surface area contributed by atoms with Crippen LogP contribution in [-0.2, 0) is 4.74 Å². The van der Waals surface area contributed by atoms with Crippen LogP contribution >= 0.6 is 0 Å². The Morgan fingerprint density at radius 1 is 1.00 bits per heavy atom. The van der Waals surface area contributed by atoms with Gasteiger partial charge in [-0.3, -0.25) is 9.78 Å². The Kier molecular flexibility index (Phi) is 6.97.